The van der Waals surface area contributed by atoms with Crippen LogP contribution in [-0.4, -0.2) is 39.0 Å². The van der Waals surface area contributed by atoms with E-state index < -0.39 is 6.09 Å². The zero-order valence-corrected chi connectivity index (χ0v) is 17.7. The molecule has 10 heteroatoms. The number of amides is 1. The lowest BCUT2D eigenvalue weighted by atomic mass is 9.91. The Morgan fingerprint density at radius 3 is 2.78 bits per heavy atom. The summed E-state index contributed by atoms with van der Waals surface area (Å²) in [6.45, 7) is 4.46. The Morgan fingerprint density at radius 1 is 1.28 bits per heavy atom. The Hall–Kier alpha value is -4.13. The Kier molecular flexibility index (Phi) is 6.17. The van der Waals surface area contributed by atoms with E-state index in [0.29, 0.717) is 24.6 Å². The van der Waals surface area contributed by atoms with Crippen LogP contribution in [0.15, 0.2) is 48.8 Å². The third kappa shape index (κ3) is 4.78. The van der Waals surface area contributed by atoms with Crippen molar-refractivity contribution >= 4 is 17.5 Å². The normalized spacial score (nSPS) is 16.7. The van der Waals surface area contributed by atoms with E-state index in [2.05, 4.69) is 32.1 Å². The van der Waals surface area contributed by atoms with E-state index in [1.54, 1.807) is 26.0 Å². The molecule has 2 aromatic carbocycles. The number of anilines is 2. The van der Waals surface area contributed by atoms with Gasteiger partial charge >= 0.3 is 6.09 Å². The van der Waals surface area contributed by atoms with E-state index in [1.807, 2.05) is 30.3 Å². The average molecular weight is 433 g/mol. The van der Waals surface area contributed by atoms with Gasteiger partial charge < -0.3 is 14.8 Å². The molecule has 3 aromatic rings. The summed E-state index contributed by atoms with van der Waals surface area (Å²) < 4.78 is 10.9. The molecule has 0 aliphatic carbocycles. The minimum Gasteiger partial charge on any atom is -0.492 e. The third-order valence-electron chi connectivity index (χ3n) is 4.95. The lowest BCUT2D eigenvalue weighted by molar-refractivity contribution is 0.130. The maximum absolute atomic E-state index is 11.8. The molecule has 4 rings (SSSR count). The third-order valence-corrected chi connectivity index (χ3v) is 4.95. The summed E-state index contributed by atoms with van der Waals surface area (Å²) in [7, 11) is 0. The molecule has 32 heavy (non-hydrogen) atoms. The lowest BCUT2D eigenvalue weighted by Gasteiger charge is -2.16. The van der Waals surface area contributed by atoms with Crippen LogP contribution in [-0.2, 0) is 11.3 Å². The fourth-order valence-corrected chi connectivity index (χ4v) is 3.54. The van der Waals surface area contributed by atoms with Gasteiger partial charge in [-0.15, -0.1) is 10.2 Å². The average Bonchev–Trinajstić information content (AvgIpc) is 3.41. The minimum atomic E-state index is -0.499. The van der Waals surface area contributed by atoms with Crippen LogP contribution in [0.1, 0.15) is 36.9 Å². The molecule has 0 spiro atoms. The Morgan fingerprint density at radius 2 is 2.09 bits per heavy atom. The van der Waals surface area contributed by atoms with E-state index in [4.69, 9.17) is 9.47 Å². The zero-order valence-electron chi connectivity index (χ0n) is 17.7. The fraction of sp³-hybridized carbons (Fsp3) is 0.318. The number of carbonyl (C=O) groups is 1. The summed E-state index contributed by atoms with van der Waals surface area (Å²) in [6, 6.07) is 15.2. The van der Waals surface area contributed by atoms with Crippen LogP contribution >= 0.6 is 0 Å². The van der Waals surface area contributed by atoms with E-state index in [0.717, 1.165) is 16.8 Å². The molecule has 0 bridgehead atoms. The number of carbonyl (C=O) groups excluding carboxylic acids is 1. The first-order valence-corrected chi connectivity index (χ1v) is 10.2. The molecular formula is C22H23N7O3. The first-order valence-electron chi connectivity index (χ1n) is 10.2. The van der Waals surface area contributed by atoms with Crippen LogP contribution in [0.4, 0.5) is 16.2 Å². The van der Waals surface area contributed by atoms with Crippen LogP contribution < -0.4 is 15.4 Å². The first-order chi connectivity index (χ1) is 15.5. The summed E-state index contributed by atoms with van der Waals surface area (Å²) in [5.41, 5.74) is 3.35. The van der Waals surface area contributed by atoms with Gasteiger partial charge in [0.05, 0.1) is 30.7 Å². The van der Waals surface area contributed by atoms with Gasteiger partial charge in [-0.3, -0.25) is 5.32 Å². The van der Waals surface area contributed by atoms with Crippen LogP contribution in [0.3, 0.4) is 0 Å². The summed E-state index contributed by atoms with van der Waals surface area (Å²) in [6.07, 6.45) is 0.683. The van der Waals surface area contributed by atoms with Crippen molar-refractivity contribution in [2.45, 2.75) is 38.5 Å². The first kappa shape index (κ1) is 21.1. The summed E-state index contributed by atoms with van der Waals surface area (Å²) >= 11 is 0. The number of aromatic nitrogens is 4. The zero-order chi connectivity index (χ0) is 22.5. The molecule has 2 unspecified atom stereocenters. The van der Waals surface area contributed by atoms with Gasteiger partial charge in [0.1, 0.15) is 12.4 Å². The highest BCUT2D eigenvalue weighted by Crippen LogP contribution is 2.45. The quantitative estimate of drug-likeness (QED) is 0.580. The molecule has 0 radical (unpaired) electrons. The summed E-state index contributed by atoms with van der Waals surface area (Å²) in [4.78, 5) is 13.2. The molecule has 0 fully saturated rings. The number of nitrogens with one attached hydrogen (secondary N) is 2. The minimum absolute atomic E-state index is 0.194. The summed E-state index contributed by atoms with van der Waals surface area (Å²) in [5.74, 6) is 0.347. The van der Waals surface area contributed by atoms with Crippen LogP contribution in [0.25, 0.3) is 0 Å². The molecular weight excluding hydrogens is 410 g/mol. The molecule has 2 heterocycles. The SMILES string of the molecule is CC(C)OC(=O)Nc1ccc(C2Nc3cc(OCCn4ncnn4)ccc3C2C#N)cc1. The number of fused-ring (bicyclic) bond motifs is 1. The highest BCUT2D eigenvalue weighted by atomic mass is 16.6. The predicted molar refractivity (Wildman–Crippen MR) is 116 cm³/mol. The van der Waals surface area contributed by atoms with Crippen molar-refractivity contribution < 1.29 is 14.3 Å². The monoisotopic (exact) mass is 433 g/mol. The Balaban J connectivity index is 1.42. The van der Waals surface area contributed by atoms with Gasteiger partial charge in [0.15, 0.2) is 6.33 Å². The number of tetrazole rings is 1. The molecule has 0 saturated carbocycles. The number of ether oxygens (including phenoxy) is 2. The van der Waals surface area contributed by atoms with E-state index >= 15 is 0 Å². The predicted octanol–water partition coefficient (Wildman–Crippen LogP) is 3.48. The Bertz CT molecular complexity index is 1110. The molecule has 2 N–H and O–H groups in total. The van der Waals surface area contributed by atoms with Gasteiger partial charge in [0.2, 0.25) is 0 Å². The van der Waals surface area contributed by atoms with Crippen molar-refractivity contribution in [3.05, 3.63) is 59.9 Å². The maximum atomic E-state index is 11.8. The fourth-order valence-electron chi connectivity index (χ4n) is 3.54. The molecule has 1 aliphatic rings. The van der Waals surface area contributed by atoms with Gasteiger partial charge in [-0.05, 0) is 48.4 Å². The highest BCUT2D eigenvalue weighted by molar-refractivity contribution is 5.84. The van der Waals surface area contributed by atoms with Crippen molar-refractivity contribution in [1.82, 2.24) is 20.2 Å². The molecule has 1 amide bonds. The number of rotatable bonds is 7. The van der Waals surface area contributed by atoms with Gasteiger partial charge in [-0.2, -0.15) is 10.1 Å². The van der Waals surface area contributed by atoms with Gasteiger partial charge in [-0.25, -0.2) is 4.79 Å². The number of hydrogen-bond donors (Lipinski definition) is 2. The smallest absolute Gasteiger partial charge is 0.411 e. The van der Waals surface area contributed by atoms with Crippen molar-refractivity contribution in [2.75, 3.05) is 17.2 Å². The van der Waals surface area contributed by atoms with E-state index in [9.17, 15) is 10.1 Å². The summed E-state index contributed by atoms with van der Waals surface area (Å²) in [5, 5.41) is 27.3. The molecule has 164 valence electrons. The number of nitriles is 1. The van der Waals surface area contributed by atoms with Crippen LogP contribution in [0.5, 0.6) is 5.75 Å². The standard InChI is InChI=1S/C22H23N7O3/c1-14(2)32-22(30)26-16-5-3-15(4-6-16)21-19(12-23)18-8-7-17(11-20(18)27-21)31-10-9-29-25-13-24-28-29/h3-8,11,13-14,19,21,27H,9-10H2,1-2H3,(H,26,30). The number of hydrogen-bond acceptors (Lipinski definition) is 8. The topological polar surface area (TPSA) is 127 Å². The number of nitrogens with zero attached hydrogens (tertiary/aromatic N) is 5. The maximum Gasteiger partial charge on any atom is 0.411 e. The molecule has 0 saturated heterocycles. The van der Waals surface area contributed by atoms with E-state index in [1.165, 1.54) is 11.1 Å². The van der Waals surface area contributed by atoms with Crippen molar-refractivity contribution in [2.24, 2.45) is 0 Å². The second-order valence-electron chi connectivity index (χ2n) is 7.56. The number of benzene rings is 2. The van der Waals surface area contributed by atoms with Crippen LogP contribution in [0, 0.1) is 11.3 Å². The lowest BCUT2D eigenvalue weighted by Crippen LogP contribution is -2.18. The second kappa shape index (κ2) is 9.34. The van der Waals surface area contributed by atoms with Crippen LogP contribution in [0.2, 0.25) is 0 Å². The largest absolute Gasteiger partial charge is 0.492 e. The molecule has 1 aliphatic heterocycles. The molecule has 10 nitrogen and oxygen atoms in total. The molecule has 1 aromatic heterocycles. The van der Waals surface area contributed by atoms with Crippen molar-refractivity contribution in [3.63, 3.8) is 0 Å². The van der Waals surface area contributed by atoms with Crippen molar-refractivity contribution in [3.8, 4) is 11.8 Å². The van der Waals surface area contributed by atoms with Crippen molar-refractivity contribution in [1.29, 1.82) is 5.26 Å². The van der Waals surface area contributed by atoms with Gasteiger partial charge in [0.25, 0.3) is 0 Å². The Labute approximate surface area is 185 Å². The van der Waals surface area contributed by atoms with Gasteiger partial charge in [-0.1, -0.05) is 18.2 Å². The van der Waals surface area contributed by atoms with E-state index in [-0.39, 0.29) is 18.1 Å². The second-order valence-corrected chi connectivity index (χ2v) is 7.56. The highest BCUT2D eigenvalue weighted by Gasteiger charge is 2.33. The van der Waals surface area contributed by atoms with Gasteiger partial charge in [0, 0.05) is 17.4 Å². The molecule has 2 atom stereocenters.